The standard InChI is InChI=1S/C18H20N4O3/c19-12-13-1-2-14-3-4-17(23)22(16(14)11-13)10-9-21-7-5-15(6-8-21)20-18(24)25/h1-4,11,15,20H,5-10H2,(H,24,25). The summed E-state index contributed by atoms with van der Waals surface area (Å²) in [7, 11) is 0. The maximum atomic E-state index is 12.3. The van der Waals surface area contributed by atoms with Gasteiger partial charge in [0.25, 0.3) is 5.56 Å². The second-order valence-electron chi connectivity index (χ2n) is 6.27. The molecule has 1 aromatic carbocycles. The zero-order valence-corrected chi connectivity index (χ0v) is 13.8. The number of piperidine rings is 1. The second-order valence-corrected chi connectivity index (χ2v) is 6.27. The van der Waals surface area contributed by atoms with Crippen LogP contribution < -0.4 is 10.9 Å². The highest BCUT2D eigenvalue weighted by Crippen LogP contribution is 2.15. The lowest BCUT2D eigenvalue weighted by atomic mass is 10.1. The summed E-state index contributed by atoms with van der Waals surface area (Å²) in [6.45, 7) is 2.86. The van der Waals surface area contributed by atoms with Gasteiger partial charge in [0.1, 0.15) is 0 Å². The minimum Gasteiger partial charge on any atom is -0.465 e. The topological polar surface area (TPSA) is 98.4 Å². The minimum atomic E-state index is -0.978. The van der Waals surface area contributed by atoms with Gasteiger partial charge in [0, 0.05) is 38.3 Å². The Balaban J connectivity index is 1.70. The molecule has 1 fully saturated rings. The van der Waals surface area contributed by atoms with Gasteiger partial charge in [-0.1, -0.05) is 6.07 Å². The van der Waals surface area contributed by atoms with Gasteiger partial charge in [-0.2, -0.15) is 5.26 Å². The van der Waals surface area contributed by atoms with E-state index in [4.69, 9.17) is 10.4 Å². The molecule has 1 saturated heterocycles. The minimum absolute atomic E-state index is 0.00668. The molecule has 7 heteroatoms. The van der Waals surface area contributed by atoms with Gasteiger partial charge in [-0.3, -0.25) is 4.79 Å². The van der Waals surface area contributed by atoms with Gasteiger partial charge in [0.05, 0.1) is 17.1 Å². The number of aromatic nitrogens is 1. The molecule has 3 rings (SSSR count). The van der Waals surface area contributed by atoms with Crippen molar-refractivity contribution in [3.05, 3.63) is 46.2 Å². The van der Waals surface area contributed by atoms with Crippen molar-refractivity contribution in [2.75, 3.05) is 19.6 Å². The maximum Gasteiger partial charge on any atom is 0.404 e. The molecule has 0 atom stereocenters. The number of rotatable bonds is 4. The molecule has 1 amide bonds. The number of fused-ring (bicyclic) bond motifs is 1. The first kappa shape index (κ1) is 17.0. The third-order valence-corrected chi connectivity index (χ3v) is 4.68. The molecule has 0 bridgehead atoms. The normalized spacial score (nSPS) is 15.8. The summed E-state index contributed by atoms with van der Waals surface area (Å²) < 4.78 is 1.71. The van der Waals surface area contributed by atoms with Crippen LogP contribution >= 0.6 is 0 Å². The number of likely N-dealkylation sites (tertiary alicyclic amines) is 1. The fourth-order valence-electron chi connectivity index (χ4n) is 3.31. The van der Waals surface area contributed by atoms with Gasteiger partial charge in [0.15, 0.2) is 0 Å². The Morgan fingerprint density at radius 1 is 1.24 bits per heavy atom. The second kappa shape index (κ2) is 7.36. The van der Waals surface area contributed by atoms with Crippen molar-refractivity contribution in [2.24, 2.45) is 0 Å². The molecule has 2 heterocycles. The third kappa shape index (κ3) is 3.98. The molecule has 130 valence electrons. The largest absolute Gasteiger partial charge is 0.465 e. The molecule has 7 nitrogen and oxygen atoms in total. The molecule has 1 aromatic heterocycles. The van der Waals surface area contributed by atoms with Crippen LogP contribution in [-0.4, -0.2) is 46.3 Å². The molecule has 0 aliphatic carbocycles. The molecular weight excluding hydrogens is 320 g/mol. The summed E-state index contributed by atoms with van der Waals surface area (Å²) in [5.74, 6) is 0. The first-order chi connectivity index (χ1) is 12.1. The van der Waals surface area contributed by atoms with Gasteiger partial charge < -0.3 is 19.9 Å². The van der Waals surface area contributed by atoms with Crippen molar-refractivity contribution >= 4 is 17.0 Å². The van der Waals surface area contributed by atoms with Crippen molar-refractivity contribution in [2.45, 2.75) is 25.4 Å². The number of hydrogen-bond donors (Lipinski definition) is 2. The molecule has 1 aliphatic rings. The van der Waals surface area contributed by atoms with Crippen molar-refractivity contribution in [3.8, 4) is 6.07 Å². The zero-order valence-electron chi connectivity index (χ0n) is 13.8. The Labute approximate surface area is 145 Å². The first-order valence-electron chi connectivity index (χ1n) is 8.32. The summed E-state index contributed by atoms with van der Waals surface area (Å²) in [6, 6.07) is 10.8. The highest BCUT2D eigenvalue weighted by Gasteiger charge is 2.20. The van der Waals surface area contributed by atoms with Crippen molar-refractivity contribution in [3.63, 3.8) is 0 Å². The SMILES string of the molecule is N#Cc1ccc2ccc(=O)n(CCN3CCC(NC(=O)O)CC3)c2c1. The van der Waals surface area contributed by atoms with Gasteiger partial charge >= 0.3 is 6.09 Å². The van der Waals surface area contributed by atoms with E-state index in [1.54, 1.807) is 28.8 Å². The summed E-state index contributed by atoms with van der Waals surface area (Å²) >= 11 is 0. The number of nitrogens with zero attached hydrogens (tertiary/aromatic N) is 3. The van der Waals surface area contributed by atoms with Crippen LogP contribution in [-0.2, 0) is 6.54 Å². The molecule has 0 spiro atoms. The summed E-state index contributed by atoms with van der Waals surface area (Å²) in [6.07, 6.45) is 0.569. The Morgan fingerprint density at radius 2 is 1.96 bits per heavy atom. The van der Waals surface area contributed by atoms with E-state index >= 15 is 0 Å². The van der Waals surface area contributed by atoms with E-state index in [9.17, 15) is 9.59 Å². The van der Waals surface area contributed by atoms with Crippen LogP contribution in [0.4, 0.5) is 4.79 Å². The van der Waals surface area contributed by atoms with Crippen LogP contribution in [0.2, 0.25) is 0 Å². The Hall–Kier alpha value is -2.85. The molecule has 2 aromatic rings. The molecule has 0 unspecified atom stereocenters. The Bertz CT molecular complexity index is 876. The van der Waals surface area contributed by atoms with Crippen LogP contribution in [0.5, 0.6) is 0 Å². The van der Waals surface area contributed by atoms with Crippen LogP contribution in [0.15, 0.2) is 35.1 Å². The number of pyridine rings is 1. The number of carbonyl (C=O) groups is 1. The van der Waals surface area contributed by atoms with Crippen molar-refractivity contribution in [1.29, 1.82) is 5.26 Å². The molecule has 0 saturated carbocycles. The van der Waals surface area contributed by atoms with E-state index in [0.717, 1.165) is 43.4 Å². The summed E-state index contributed by atoms with van der Waals surface area (Å²) in [4.78, 5) is 25.2. The molecule has 25 heavy (non-hydrogen) atoms. The van der Waals surface area contributed by atoms with Gasteiger partial charge in [-0.25, -0.2) is 4.79 Å². The summed E-state index contributed by atoms with van der Waals surface area (Å²) in [5.41, 5.74) is 1.23. The fourth-order valence-corrected chi connectivity index (χ4v) is 3.31. The zero-order chi connectivity index (χ0) is 17.8. The number of nitriles is 1. The van der Waals surface area contributed by atoms with E-state index in [-0.39, 0.29) is 11.6 Å². The van der Waals surface area contributed by atoms with Crippen molar-refractivity contribution in [1.82, 2.24) is 14.8 Å². The van der Waals surface area contributed by atoms with E-state index in [2.05, 4.69) is 16.3 Å². The molecular formula is C18H20N4O3. The first-order valence-corrected chi connectivity index (χ1v) is 8.32. The average molecular weight is 340 g/mol. The third-order valence-electron chi connectivity index (χ3n) is 4.68. The van der Waals surface area contributed by atoms with Gasteiger partial charge in [0.2, 0.25) is 0 Å². The molecule has 0 radical (unpaired) electrons. The lowest BCUT2D eigenvalue weighted by molar-refractivity contribution is 0.166. The van der Waals surface area contributed by atoms with Crippen LogP contribution in [0.25, 0.3) is 10.9 Å². The van der Waals surface area contributed by atoms with Crippen molar-refractivity contribution < 1.29 is 9.90 Å². The van der Waals surface area contributed by atoms with E-state index in [0.29, 0.717) is 12.1 Å². The predicted molar refractivity (Wildman–Crippen MR) is 93.5 cm³/mol. The highest BCUT2D eigenvalue weighted by atomic mass is 16.4. The number of hydrogen-bond acceptors (Lipinski definition) is 4. The van der Waals surface area contributed by atoms with E-state index in [1.165, 1.54) is 0 Å². The maximum absolute atomic E-state index is 12.3. The van der Waals surface area contributed by atoms with E-state index in [1.807, 2.05) is 6.07 Å². The van der Waals surface area contributed by atoms with Gasteiger partial charge in [-0.15, -0.1) is 0 Å². The highest BCUT2D eigenvalue weighted by molar-refractivity contribution is 5.80. The predicted octanol–water partition coefficient (Wildman–Crippen LogP) is 1.61. The Morgan fingerprint density at radius 3 is 2.64 bits per heavy atom. The van der Waals surface area contributed by atoms with Gasteiger partial charge in [-0.05, 0) is 36.4 Å². The molecule has 1 aliphatic heterocycles. The van der Waals surface area contributed by atoms with Crippen LogP contribution in [0, 0.1) is 11.3 Å². The fraction of sp³-hybridized carbons (Fsp3) is 0.389. The quantitative estimate of drug-likeness (QED) is 0.881. The number of amides is 1. The summed E-state index contributed by atoms with van der Waals surface area (Å²) in [5, 5.41) is 21.3. The lowest BCUT2D eigenvalue weighted by Gasteiger charge is -2.31. The van der Waals surface area contributed by atoms with Crippen LogP contribution in [0.3, 0.4) is 0 Å². The average Bonchev–Trinajstić information content (AvgIpc) is 2.61. The monoisotopic (exact) mass is 340 g/mol. The number of benzene rings is 1. The van der Waals surface area contributed by atoms with E-state index < -0.39 is 6.09 Å². The lowest BCUT2D eigenvalue weighted by Crippen LogP contribution is -2.45. The smallest absolute Gasteiger partial charge is 0.404 e. The Kier molecular flexibility index (Phi) is 5.00. The number of carboxylic acid groups (broad SMARTS) is 1. The van der Waals surface area contributed by atoms with Crippen LogP contribution in [0.1, 0.15) is 18.4 Å². The number of nitrogens with one attached hydrogen (secondary N) is 1. The molecule has 2 N–H and O–H groups in total.